The highest BCUT2D eigenvalue weighted by molar-refractivity contribution is 5.85. The van der Waals surface area contributed by atoms with Gasteiger partial charge in [0.25, 0.3) is 0 Å². The summed E-state index contributed by atoms with van der Waals surface area (Å²) in [7, 11) is 0. The van der Waals surface area contributed by atoms with Gasteiger partial charge in [0.1, 0.15) is 0 Å². The van der Waals surface area contributed by atoms with Crippen LogP contribution in [0.2, 0.25) is 0 Å². The second-order valence-electron chi connectivity index (χ2n) is 4.87. The number of carbonyl (C=O) groups excluding carboxylic acids is 1. The van der Waals surface area contributed by atoms with Crippen molar-refractivity contribution in [2.75, 3.05) is 19.7 Å². The maximum atomic E-state index is 11.5. The third-order valence-corrected chi connectivity index (χ3v) is 3.07. The number of carbonyl (C=O) groups is 1. The molecule has 0 bridgehead atoms. The van der Waals surface area contributed by atoms with Crippen LogP contribution in [0.25, 0.3) is 0 Å². The molecule has 17 heavy (non-hydrogen) atoms. The molecule has 4 nitrogen and oxygen atoms in total. The van der Waals surface area contributed by atoms with Gasteiger partial charge in [0, 0.05) is 19.2 Å². The van der Waals surface area contributed by atoms with Crippen LogP contribution in [0.3, 0.4) is 0 Å². The number of halogens is 1. The summed E-state index contributed by atoms with van der Waals surface area (Å²) in [4.78, 5) is 11.5. The van der Waals surface area contributed by atoms with E-state index in [9.17, 15) is 4.79 Å². The van der Waals surface area contributed by atoms with Crippen molar-refractivity contribution in [2.24, 2.45) is 5.92 Å². The molecule has 1 rings (SSSR count). The van der Waals surface area contributed by atoms with E-state index in [1.807, 2.05) is 6.92 Å². The van der Waals surface area contributed by atoms with Gasteiger partial charge in [-0.25, -0.2) is 0 Å². The molecule has 0 aromatic heterocycles. The van der Waals surface area contributed by atoms with Crippen LogP contribution in [-0.4, -0.2) is 37.7 Å². The van der Waals surface area contributed by atoms with Gasteiger partial charge in [-0.15, -0.1) is 12.4 Å². The van der Waals surface area contributed by atoms with E-state index < -0.39 is 0 Å². The van der Waals surface area contributed by atoms with E-state index in [2.05, 4.69) is 24.5 Å². The Morgan fingerprint density at radius 2 is 2.12 bits per heavy atom. The predicted octanol–water partition coefficient (Wildman–Crippen LogP) is 1.34. The maximum absolute atomic E-state index is 11.5. The molecule has 1 aliphatic heterocycles. The second kappa shape index (κ2) is 8.72. The van der Waals surface area contributed by atoms with E-state index in [1.165, 1.54) is 0 Å². The Labute approximate surface area is 110 Å². The van der Waals surface area contributed by atoms with Crippen molar-refractivity contribution in [1.29, 1.82) is 0 Å². The predicted molar refractivity (Wildman–Crippen MR) is 71.5 cm³/mol. The van der Waals surface area contributed by atoms with Crippen LogP contribution in [0.5, 0.6) is 0 Å². The monoisotopic (exact) mass is 264 g/mol. The fraction of sp³-hybridized carbons (Fsp3) is 0.917. The first-order valence-electron chi connectivity index (χ1n) is 6.21. The molecule has 2 N–H and O–H groups in total. The number of rotatable bonds is 6. The van der Waals surface area contributed by atoms with Crippen LogP contribution in [0.15, 0.2) is 0 Å². The topological polar surface area (TPSA) is 50.4 Å². The zero-order valence-electron chi connectivity index (χ0n) is 11.0. The molecule has 5 heteroatoms. The summed E-state index contributed by atoms with van der Waals surface area (Å²) in [6, 6.07) is 0.233. The van der Waals surface area contributed by atoms with Crippen LogP contribution in [0.4, 0.5) is 0 Å². The molecule has 0 aromatic rings. The van der Waals surface area contributed by atoms with Gasteiger partial charge in [-0.05, 0) is 25.7 Å². The van der Waals surface area contributed by atoms with Crippen LogP contribution >= 0.6 is 12.4 Å². The van der Waals surface area contributed by atoms with E-state index in [0.29, 0.717) is 18.6 Å². The molecule has 0 saturated carbocycles. The van der Waals surface area contributed by atoms with Crippen molar-refractivity contribution in [1.82, 2.24) is 10.6 Å². The molecule has 1 fully saturated rings. The number of hydrogen-bond acceptors (Lipinski definition) is 3. The number of nitrogens with one attached hydrogen (secondary N) is 2. The zero-order valence-corrected chi connectivity index (χ0v) is 11.8. The Morgan fingerprint density at radius 3 is 2.65 bits per heavy atom. The first-order valence-corrected chi connectivity index (χ1v) is 6.21. The van der Waals surface area contributed by atoms with Crippen LogP contribution < -0.4 is 10.6 Å². The van der Waals surface area contributed by atoms with Gasteiger partial charge >= 0.3 is 0 Å². The largest absolute Gasteiger partial charge is 0.377 e. The highest BCUT2D eigenvalue weighted by Crippen LogP contribution is 2.10. The smallest absolute Gasteiger partial charge is 0.234 e. The molecular weight excluding hydrogens is 240 g/mol. The lowest BCUT2D eigenvalue weighted by molar-refractivity contribution is -0.121. The Bertz CT molecular complexity index is 219. The third kappa shape index (κ3) is 6.86. The summed E-state index contributed by atoms with van der Waals surface area (Å²) < 4.78 is 5.46. The summed E-state index contributed by atoms with van der Waals surface area (Å²) in [5.74, 6) is 0.543. The van der Waals surface area contributed by atoms with E-state index in [-0.39, 0.29) is 24.4 Å². The van der Waals surface area contributed by atoms with Crippen molar-refractivity contribution in [3.05, 3.63) is 0 Å². The normalized spacial score (nSPS) is 21.1. The van der Waals surface area contributed by atoms with Gasteiger partial charge in [0.2, 0.25) is 5.91 Å². The zero-order chi connectivity index (χ0) is 12.0. The van der Waals surface area contributed by atoms with Gasteiger partial charge < -0.3 is 15.4 Å². The van der Waals surface area contributed by atoms with E-state index in [4.69, 9.17) is 4.74 Å². The summed E-state index contributed by atoms with van der Waals surface area (Å²) in [5, 5.41) is 6.10. The van der Waals surface area contributed by atoms with Crippen molar-refractivity contribution in [3.63, 3.8) is 0 Å². The summed E-state index contributed by atoms with van der Waals surface area (Å²) in [6.07, 6.45) is 2.55. The van der Waals surface area contributed by atoms with Crippen molar-refractivity contribution in [3.8, 4) is 0 Å². The summed E-state index contributed by atoms with van der Waals surface area (Å²) in [5.41, 5.74) is 0. The molecule has 102 valence electrons. The first kappa shape index (κ1) is 16.7. The SMILES string of the molecule is CC(C)C(C)NC(=O)CNCC1CCCO1.Cl. The average molecular weight is 265 g/mol. The van der Waals surface area contributed by atoms with Crippen molar-refractivity contribution in [2.45, 2.75) is 45.8 Å². The lowest BCUT2D eigenvalue weighted by Crippen LogP contribution is -2.42. The average Bonchev–Trinajstić information content (AvgIpc) is 2.70. The molecule has 0 aromatic carbocycles. The van der Waals surface area contributed by atoms with E-state index in [1.54, 1.807) is 0 Å². The van der Waals surface area contributed by atoms with Crippen LogP contribution in [0.1, 0.15) is 33.6 Å². The van der Waals surface area contributed by atoms with Gasteiger partial charge in [0.15, 0.2) is 0 Å². The van der Waals surface area contributed by atoms with Gasteiger partial charge in [-0.1, -0.05) is 13.8 Å². The minimum absolute atomic E-state index is 0. The Hall–Kier alpha value is -0.320. The second-order valence-corrected chi connectivity index (χ2v) is 4.87. The molecule has 1 aliphatic rings. The molecular formula is C12H25ClN2O2. The van der Waals surface area contributed by atoms with Crippen LogP contribution in [-0.2, 0) is 9.53 Å². The summed E-state index contributed by atoms with van der Waals surface area (Å²) in [6.45, 7) is 8.27. The standard InChI is InChI=1S/C12H24N2O2.ClH/c1-9(2)10(3)14-12(15)8-13-7-11-5-4-6-16-11;/h9-11,13H,4-8H2,1-3H3,(H,14,15);1H. The molecule has 2 atom stereocenters. The van der Waals surface area contributed by atoms with Gasteiger partial charge in [0.05, 0.1) is 12.6 Å². The minimum Gasteiger partial charge on any atom is -0.377 e. The molecule has 1 amide bonds. The van der Waals surface area contributed by atoms with E-state index >= 15 is 0 Å². The molecule has 0 radical (unpaired) electrons. The van der Waals surface area contributed by atoms with Crippen molar-refractivity contribution < 1.29 is 9.53 Å². The quantitative estimate of drug-likeness (QED) is 0.761. The fourth-order valence-electron chi connectivity index (χ4n) is 1.62. The fourth-order valence-corrected chi connectivity index (χ4v) is 1.62. The molecule has 0 spiro atoms. The highest BCUT2D eigenvalue weighted by atomic mass is 35.5. The lowest BCUT2D eigenvalue weighted by atomic mass is 10.1. The van der Waals surface area contributed by atoms with E-state index in [0.717, 1.165) is 26.0 Å². The number of amides is 1. The first-order chi connectivity index (χ1) is 7.59. The third-order valence-electron chi connectivity index (χ3n) is 3.07. The number of hydrogen-bond donors (Lipinski definition) is 2. The number of ether oxygens (including phenoxy) is 1. The summed E-state index contributed by atoms with van der Waals surface area (Å²) >= 11 is 0. The lowest BCUT2D eigenvalue weighted by Gasteiger charge is -2.18. The highest BCUT2D eigenvalue weighted by Gasteiger charge is 2.15. The molecule has 2 unspecified atom stereocenters. The minimum atomic E-state index is 0. The molecule has 0 aliphatic carbocycles. The van der Waals surface area contributed by atoms with Gasteiger partial charge in [-0.2, -0.15) is 0 Å². The Balaban J connectivity index is 0.00000256. The Kier molecular flexibility index (Phi) is 8.56. The van der Waals surface area contributed by atoms with Gasteiger partial charge in [-0.3, -0.25) is 4.79 Å². The molecule has 1 saturated heterocycles. The molecule has 1 heterocycles. The van der Waals surface area contributed by atoms with Crippen LogP contribution in [0, 0.1) is 5.92 Å². The maximum Gasteiger partial charge on any atom is 0.234 e. The Morgan fingerprint density at radius 1 is 1.41 bits per heavy atom. The van der Waals surface area contributed by atoms with Crippen molar-refractivity contribution >= 4 is 18.3 Å².